The minimum absolute atomic E-state index is 0.148. The van der Waals surface area contributed by atoms with Gasteiger partial charge in [0.2, 0.25) is 11.8 Å². The molecule has 1 N–H and O–H groups in total. The second-order valence-electron chi connectivity index (χ2n) is 6.77. The van der Waals surface area contributed by atoms with Crippen molar-refractivity contribution in [2.75, 3.05) is 11.1 Å². The molecule has 0 radical (unpaired) electrons. The van der Waals surface area contributed by atoms with Crippen LogP contribution < -0.4 is 5.32 Å². The van der Waals surface area contributed by atoms with Gasteiger partial charge in [-0.05, 0) is 22.9 Å². The Labute approximate surface area is 182 Å². The Balaban J connectivity index is 1.27. The van der Waals surface area contributed by atoms with Crippen LogP contribution in [0.15, 0.2) is 69.7 Å². The van der Waals surface area contributed by atoms with Crippen molar-refractivity contribution in [2.45, 2.75) is 31.0 Å². The van der Waals surface area contributed by atoms with Crippen molar-refractivity contribution in [2.24, 2.45) is 0 Å². The summed E-state index contributed by atoms with van der Waals surface area (Å²) in [5, 5.41) is 17.7. The fraction of sp³-hybridized carbons (Fsp3) is 0.238. The Morgan fingerprint density at radius 1 is 1.20 bits per heavy atom. The highest BCUT2D eigenvalue weighted by atomic mass is 32.2. The predicted octanol–water partition coefficient (Wildman–Crippen LogP) is 4.45. The number of nitrogens with zero attached hydrogens (tertiary/aromatic N) is 4. The van der Waals surface area contributed by atoms with Crippen molar-refractivity contribution in [3.05, 3.63) is 76.4 Å². The lowest BCUT2D eigenvalue weighted by molar-refractivity contribution is -0.113. The van der Waals surface area contributed by atoms with Gasteiger partial charge >= 0.3 is 0 Å². The lowest BCUT2D eigenvalue weighted by Crippen LogP contribution is -2.17. The van der Waals surface area contributed by atoms with Gasteiger partial charge in [-0.15, -0.1) is 21.5 Å². The monoisotopic (exact) mass is 439 g/mol. The molecular weight excluding hydrogens is 418 g/mol. The largest absolute Gasteiger partial charge is 0.416 e. The molecule has 0 aliphatic carbocycles. The molecule has 0 aliphatic heterocycles. The summed E-state index contributed by atoms with van der Waals surface area (Å²) in [5.41, 5.74) is 1.23. The number of benzene rings is 1. The number of carbonyl (C=O) groups is 1. The van der Waals surface area contributed by atoms with Crippen molar-refractivity contribution in [3.8, 4) is 0 Å². The maximum absolute atomic E-state index is 12.3. The number of amides is 1. The van der Waals surface area contributed by atoms with E-state index in [0.29, 0.717) is 29.9 Å². The first-order valence-electron chi connectivity index (χ1n) is 9.51. The smallest absolute Gasteiger partial charge is 0.277 e. The first kappa shape index (κ1) is 20.4. The zero-order valence-electron chi connectivity index (χ0n) is 16.4. The number of aromatic nitrogens is 4. The standard InChI is InChI=1S/C21H21N5O2S2/c1-15(16-6-3-2-4-7-16)12-20-24-25-21(28-20)30-14-19(27)23-18-9-10-22-26(18)13-17-8-5-11-29-17/h2-11,15H,12-14H2,1H3,(H,23,27). The van der Waals surface area contributed by atoms with E-state index in [1.54, 1.807) is 28.3 Å². The Bertz CT molecular complexity index is 1080. The van der Waals surface area contributed by atoms with Crippen LogP contribution in [0.25, 0.3) is 0 Å². The van der Waals surface area contributed by atoms with Crippen LogP contribution in [0.2, 0.25) is 0 Å². The normalized spacial score (nSPS) is 12.0. The number of hydrogen-bond donors (Lipinski definition) is 1. The third-order valence-corrected chi connectivity index (χ3v) is 6.17. The second kappa shape index (κ2) is 9.73. The molecule has 0 bridgehead atoms. The van der Waals surface area contributed by atoms with Gasteiger partial charge in [0.25, 0.3) is 5.22 Å². The van der Waals surface area contributed by atoms with Crippen LogP contribution in [0.1, 0.15) is 29.2 Å². The fourth-order valence-electron chi connectivity index (χ4n) is 2.96. The molecule has 154 valence electrons. The molecule has 0 saturated carbocycles. The molecular formula is C21H21N5O2S2. The van der Waals surface area contributed by atoms with Crippen LogP contribution in [0.5, 0.6) is 0 Å². The van der Waals surface area contributed by atoms with Gasteiger partial charge in [-0.2, -0.15) is 5.10 Å². The van der Waals surface area contributed by atoms with E-state index in [1.807, 2.05) is 35.7 Å². The summed E-state index contributed by atoms with van der Waals surface area (Å²) < 4.78 is 7.47. The van der Waals surface area contributed by atoms with Crippen molar-refractivity contribution < 1.29 is 9.21 Å². The highest BCUT2D eigenvalue weighted by molar-refractivity contribution is 7.99. The molecule has 0 aliphatic rings. The summed E-state index contributed by atoms with van der Waals surface area (Å²) in [7, 11) is 0. The van der Waals surface area contributed by atoms with Crippen molar-refractivity contribution >= 4 is 34.8 Å². The fourth-order valence-corrected chi connectivity index (χ4v) is 4.23. The molecule has 1 unspecified atom stereocenters. The zero-order chi connectivity index (χ0) is 20.8. The van der Waals surface area contributed by atoms with Gasteiger partial charge in [0.1, 0.15) is 5.82 Å². The van der Waals surface area contributed by atoms with E-state index in [4.69, 9.17) is 4.42 Å². The van der Waals surface area contributed by atoms with Crippen molar-refractivity contribution in [3.63, 3.8) is 0 Å². The SMILES string of the molecule is CC(Cc1nnc(SCC(=O)Nc2ccnn2Cc2cccs2)o1)c1ccccc1. The van der Waals surface area contributed by atoms with Crippen LogP contribution in [0.3, 0.4) is 0 Å². The molecule has 4 aromatic rings. The molecule has 9 heteroatoms. The maximum Gasteiger partial charge on any atom is 0.277 e. The van der Waals surface area contributed by atoms with Gasteiger partial charge in [0, 0.05) is 17.4 Å². The molecule has 0 fully saturated rings. The molecule has 1 atom stereocenters. The molecule has 1 amide bonds. The van der Waals surface area contributed by atoms with Crippen LogP contribution in [-0.4, -0.2) is 31.6 Å². The first-order chi connectivity index (χ1) is 14.7. The topological polar surface area (TPSA) is 85.8 Å². The van der Waals surface area contributed by atoms with Crippen LogP contribution in [0.4, 0.5) is 5.82 Å². The third kappa shape index (κ3) is 5.37. The summed E-state index contributed by atoms with van der Waals surface area (Å²) in [6, 6.07) is 16.0. The molecule has 7 nitrogen and oxygen atoms in total. The van der Waals surface area contributed by atoms with Gasteiger partial charge < -0.3 is 9.73 Å². The third-order valence-electron chi connectivity index (χ3n) is 4.49. The number of anilines is 1. The Hall–Kier alpha value is -2.91. The molecule has 1 aromatic carbocycles. The Kier molecular flexibility index (Phi) is 6.60. The van der Waals surface area contributed by atoms with Crippen LogP contribution in [0, 0.1) is 0 Å². The number of rotatable bonds is 9. The second-order valence-corrected chi connectivity index (χ2v) is 8.73. The minimum Gasteiger partial charge on any atom is -0.416 e. The minimum atomic E-state index is -0.148. The Morgan fingerprint density at radius 2 is 2.07 bits per heavy atom. The molecule has 3 heterocycles. The van der Waals surface area contributed by atoms with Gasteiger partial charge in [-0.1, -0.05) is 55.1 Å². The lowest BCUT2D eigenvalue weighted by Gasteiger charge is -2.08. The number of thioether (sulfide) groups is 1. The van der Waals surface area contributed by atoms with Gasteiger partial charge in [-0.25, -0.2) is 4.68 Å². The number of nitrogens with one attached hydrogen (secondary N) is 1. The molecule has 0 saturated heterocycles. The highest BCUT2D eigenvalue weighted by Gasteiger charge is 2.14. The van der Waals surface area contributed by atoms with E-state index < -0.39 is 0 Å². The summed E-state index contributed by atoms with van der Waals surface area (Å²) >= 11 is 2.88. The summed E-state index contributed by atoms with van der Waals surface area (Å²) in [6.45, 7) is 2.75. The van der Waals surface area contributed by atoms with E-state index in [1.165, 1.54) is 22.2 Å². The van der Waals surface area contributed by atoms with Gasteiger partial charge in [0.05, 0.1) is 18.5 Å². The molecule has 30 heavy (non-hydrogen) atoms. The Morgan fingerprint density at radius 3 is 2.87 bits per heavy atom. The maximum atomic E-state index is 12.3. The lowest BCUT2D eigenvalue weighted by atomic mass is 9.98. The quantitative estimate of drug-likeness (QED) is 0.388. The summed E-state index contributed by atoms with van der Waals surface area (Å²) in [5.74, 6) is 1.54. The van der Waals surface area contributed by atoms with Crippen molar-refractivity contribution in [1.29, 1.82) is 0 Å². The van der Waals surface area contributed by atoms with Crippen LogP contribution >= 0.6 is 23.1 Å². The summed E-state index contributed by atoms with van der Waals surface area (Å²) in [4.78, 5) is 13.5. The van der Waals surface area contributed by atoms with E-state index >= 15 is 0 Å². The number of thiophene rings is 1. The number of hydrogen-bond acceptors (Lipinski definition) is 7. The van der Waals surface area contributed by atoms with E-state index in [9.17, 15) is 4.79 Å². The average molecular weight is 440 g/mol. The van der Waals surface area contributed by atoms with E-state index in [0.717, 1.165) is 0 Å². The average Bonchev–Trinajstić information content (AvgIpc) is 3.51. The number of carbonyl (C=O) groups excluding carboxylic acids is 1. The van der Waals surface area contributed by atoms with E-state index in [-0.39, 0.29) is 17.6 Å². The van der Waals surface area contributed by atoms with Gasteiger partial charge in [0.15, 0.2) is 0 Å². The first-order valence-corrected chi connectivity index (χ1v) is 11.4. The predicted molar refractivity (Wildman–Crippen MR) is 118 cm³/mol. The summed E-state index contributed by atoms with van der Waals surface area (Å²) in [6.07, 6.45) is 2.33. The highest BCUT2D eigenvalue weighted by Crippen LogP contribution is 2.22. The van der Waals surface area contributed by atoms with E-state index in [2.05, 4.69) is 39.7 Å². The molecule has 0 spiro atoms. The molecule has 3 aromatic heterocycles. The zero-order valence-corrected chi connectivity index (χ0v) is 18.0. The van der Waals surface area contributed by atoms with Crippen molar-refractivity contribution in [1.82, 2.24) is 20.0 Å². The molecule has 4 rings (SSSR count). The van der Waals surface area contributed by atoms with Crippen LogP contribution in [-0.2, 0) is 17.8 Å². The van der Waals surface area contributed by atoms with Gasteiger partial charge in [-0.3, -0.25) is 4.79 Å².